The van der Waals surface area contributed by atoms with Crippen molar-refractivity contribution in [2.24, 2.45) is 0 Å². The third-order valence-corrected chi connectivity index (χ3v) is 4.88. The van der Waals surface area contributed by atoms with Gasteiger partial charge in [-0.05, 0) is 36.6 Å². The van der Waals surface area contributed by atoms with Gasteiger partial charge in [-0.25, -0.2) is 14.1 Å². The molecule has 0 atom stereocenters. The number of hydrogen-bond donors (Lipinski definition) is 1. The van der Waals surface area contributed by atoms with Crippen molar-refractivity contribution < 1.29 is 22.4 Å². The third-order valence-electron chi connectivity index (χ3n) is 4.53. The van der Waals surface area contributed by atoms with E-state index in [1.165, 1.54) is 29.2 Å². The van der Waals surface area contributed by atoms with Crippen LogP contribution in [0.1, 0.15) is 35.7 Å². The van der Waals surface area contributed by atoms with Gasteiger partial charge in [0.15, 0.2) is 5.69 Å². The molecule has 0 unspecified atom stereocenters. The van der Waals surface area contributed by atoms with Gasteiger partial charge in [0.05, 0.1) is 6.54 Å². The third kappa shape index (κ3) is 4.61. The maximum Gasteiger partial charge on any atom is 0.435 e. The lowest BCUT2D eigenvalue weighted by Crippen LogP contribution is -2.22. The molecule has 1 amide bonds. The molecule has 3 aromatic rings. The summed E-state index contributed by atoms with van der Waals surface area (Å²) < 4.78 is 54.4. The van der Waals surface area contributed by atoms with E-state index in [1.54, 1.807) is 0 Å². The number of nitrogens with zero attached hydrogens (tertiary/aromatic N) is 5. The quantitative estimate of drug-likeness (QED) is 0.588. The van der Waals surface area contributed by atoms with Gasteiger partial charge in [-0.2, -0.15) is 18.3 Å². The fraction of sp³-hybridized carbons (Fsp3) is 0.333. The Kier molecular flexibility index (Phi) is 5.22. The van der Waals surface area contributed by atoms with Gasteiger partial charge in [0.25, 0.3) is 0 Å². The molecular formula is C18H15ClF4N6O. The van der Waals surface area contributed by atoms with E-state index in [1.807, 2.05) is 0 Å². The number of alkyl halides is 3. The lowest BCUT2D eigenvalue weighted by molar-refractivity contribution is -0.141. The van der Waals surface area contributed by atoms with E-state index in [9.17, 15) is 22.4 Å². The van der Waals surface area contributed by atoms with Crippen LogP contribution in [0.3, 0.4) is 0 Å². The molecule has 158 valence electrons. The number of amides is 1. The maximum absolute atomic E-state index is 13.1. The van der Waals surface area contributed by atoms with Crippen LogP contribution in [0, 0.1) is 5.82 Å². The van der Waals surface area contributed by atoms with Crippen molar-refractivity contribution in [3.63, 3.8) is 0 Å². The summed E-state index contributed by atoms with van der Waals surface area (Å²) in [5, 5.41) is 10.3. The Morgan fingerprint density at radius 3 is 2.67 bits per heavy atom. The van der Waals surface area contributed by atoms with E-state index in [2.05, 4.69) is 20.5 Å². The number of benzene rings is 1. The van der Waals surface area contributed by atoms with E-state index in [0.29, 0.717) is 11.3 Å². The van der Waals surface area contributed by atoms with E-state index in [4.69, 9.17) is 11.6 Å². The van der Waals surface area contributed by atoms with Crippen LogP contribution in [0.4, 0.5) is 23.5 Å². The predicted octanol–water partition coefficient (Wildman–Crippen LogP) is 3.85. The van der Waals surface area contributed by atoms with Crippen LogP contribution in [0.2, 0.25) is 5.02 Å². The highest BCUT2D eigenvalue weighted by Gasteiger charge is 2.38. The first-order chi connectivity index (χ1) is 14.2. The molecule has 2 aromatic heterocycles. The first kappa shape index (κ1) is 20.3. The largest absolute Gasteiger partial charge is 0.435 e. The van der Waals surface area contributed by atoms with Crippen molar-refractivity contribution in [3.8, 4) is 0 Å². The second-order valence-corrected chi connectivity index (χ2v) is 7.34. The molecular weight excluding hydrogens is 428 g/mol. The fourth-order valence-electron chi connectivity index (χ4n) is 2.96. The number of carbonyl (C=O) groups excluding carboxylic acids is 1. The molecule has 1 saturated carbocycles. The summed E-state index contributed by atoms with van der Waals surface area (Å²) in [5.74, 6) is -1.10. The maximum atomic E-state index is 13.1. The summed E-state index contributed by atoms with van der Waals surface area (Å²) in [4.78, 5) is 16.2. The number of rotatable bonds is 6. The van der Waals surface area contributed by atoms with E-state index >= 15 is 0 Å². The minimum absolute atomic E-state index is 0.0146. The van der Waals surface area contributed by atoms with Crippen LogP contribution in [0.5, 0.6) is 0 Å². The summed E-state index contributed by atoms with van der Waals surface area (Å²) in [6, 6.07) is 4.93. The first-order valence-corrected chi connectivity index (χ1v) is 9.35. The molecule has 0 radical (unpaired) electrons. The zero-order valence-corrected chi connectivity index (χ0v) is 16.1. The van der Waals surface area contributed by atoms with Crippen LogP contribution in [-0.2, 0) is 24.1 Å². The summed E-state index contributed by atoms with van der Waals surface area (Å²) in [5.41, 5.74) is -0.0242. The van der Waals surface area contributed by atoms with E-state index in [0.717, 1.165) is 23.6 Å². The van der Waals surface area contributed by atoms with Crippen LogP contribution in [0.15, 0.2) is 30.6 Å². The van der Waals surface area contributed by atoms with Gasteiger partial charge in [-0.1, -0.05) is 17.7 Å². The molecule has 7 nitrogen and oxygen atoms in total. The minimum atomic E-state index is -4.58. The second kappa shape index (κ2) is 7.71. The molecule has 2 heterocycles. The molecule has 0 spiro atoms. The molecule has 0 aliphatic heterocycles. The van der Waals surface area contributed by atoms with Crippen molar-refractivity contribution in [2.45, 2.75) is 38.0 Å². The Labute approximate surface area is 172 Å². The lowest BCUT2D eigenvalue weighted by Gasteiger charge is -2.06. The molecule has 1 aliphatic carbocycles. The van der Waals surface area contributed by atoms with Crippen LogP contribution >= 0.6 is 11.6 Å². The predicted molar refractivity (Wildman–Crippen MR) is 98.4 cm³/mol. The van der Waals surface area contributed by atoms with Gasteiger partial charge in [0.2, 0.25) is 11.9 Å². The molecule has 1 fully saturated rings. The first-order valence-electron chi connectivity index (χ1n) is 8.97. The molecule has 1 aliphatic rings. The molecule has 4 rings (SSSR count). The number of hydrogen-bond acceptors (Lipinski definition) is 4. The van der Waals surface area contributed by atoms with Crippen molar-refractivity contribution in [1.29, 1.82) is 0 Å². The number of halogens is 5. The minimum Gasteiger partial charge on any atom is -0.292 e. The van der Waals surface area contributed by atoms with E-state index in [-0.39, 0.29) is 30.0 Å². The molecule has 0 saturated heterocycles. The average Bonchev–Trinajstić information content (AvgIpc) is 3.26. The molecule has 1 aromatic carbocycles. The summed E-state index contributed by atoms with van der Waals surface area (Å²) in [6.45, 7) is -0.192. The Balaban J connectivity index is 1.42. The number of nitrogens with one attached hydrogen (secondary N) is 1. The zero-order chi connectivity index (χ0) is 21.5. The van der Waals surface area contributed by atoms with Gasteiger partial charge >= 0.3 is 6.18 Å². The Morgan fingerprint density at radius 2 is 2.00 bits per heavy atom. The summed E-state index contributed by atoms with van der Waals surface area (Å²) in [6.07, 6.45) is -1.70. The number of aromatic nitrogens is 5. The highest BCUT2D eigenvalue weighted by molar-refractivity contribution is 6.31. The molecule has 1 N–H and O–H groups in total. The monoisotopic (exact) mass is 442 g/mol. The van der Waals surface area contributed by atoms with Crippen LogP contribution in [0.25, 0.3) is 0 Å². The van der Waals surface area contributed by atoms with Gasteiger partial charge in [0.1, 0.15) is 18.7 Å². The standard InChI is InChI=1S/C18H15ClF4N6O/c19-13-5-12(20)4-3-11(13)7-28-9-24-17(27-28)25-16(30)8-29-14(10-1-2-10)6-15(26-29)18(21,22)23/h3-6,9-10H,1-2,7-8H2,(H,25,27,30). The molecule has 0 bridgehead atoms. The highest BCUT2D eigenvalue weighted by Crippen LogP contribution is 2.42. The lowest BCUT2D eigenvalue weighted by atomic mass is 10.2. The van der Waals surface area contributed by atoms with Gasteiger partial charge in [-0.3, -0.25) is 14.8 Å². The smallest absolute Gasteiger partial charge is 0.292 e. The normalized spacial score (nSPS) is 14.2. The fourth-order valence-corrected chi connectivity index (χ4v) is 3.18. The topological polar surface area (TPSA) is 77.6 Å². The highest BCUT2D eigenvalue weighted by atomic mass is 35.5. The Morgan fingerprint density at radius 1 is 1.23 bits per heavy atom. The Bertz CT molecular complexity index is 1090. The van der Waals surface area contributed by atoms with Crippen LogP contribution < -0.4 is 5.32 Å². The van der Waals surface area contributed by atoms with Gasteiger partial charge in [-0.15, -0.1) is 5.10 Å². The van der Waals surface area contributed by atoms with Crippen LogP contribution in [-0.4, -0.2) is 30.5 Å². The Hall–Kier alpha value is -2.95. The SMILES string of the molecule is O=C(Cn1nc(C(F)(F)F)cc1C1CC1)Nc1ncn(Cc2ccc(F)cc2Cl)n1. The zero-order valence-electron chi connectivity index (χ0n) is 15.3. The summed E-state index contributed by atoms with van der Waals surface area (Å²) >= 11 is 5.98. The van der Waals surface area contributed by atoms with Crippen molar-refractivity contribution in [1.82, 2.24) is 24.5 Å². The number of carbonyl (C=O) groups is 1. The van der Waals surface area contributed by atoms with Crippen molar-refractivity contribution in [2.75, 3.05) is 5.32 Å². The van der Waals surface area contributed by atoms with E-state index < -0.39 is 23.6 Å². The average molecular weight is 443 g/mol. The van der Waals surface area contributed by atoms with Gasteiger partial charge in [0, 0.05) is 16.6 Å². The summed E-state index contributed by atoms with van der Waals surface area (Å²) in [7, 11) is 0. The molecule has 12 heteroatoms. The van der Waals surface area contributed by atoms with Gasteiger partial charge < -0.3 is 0 Å². The second-order valence-electron chi connectivity index (χ2n) is 6.93. The van der Waals surface area contributed by atoms with Crippen molar-refractivity contribution >= 4 is 23.5 Å². The molecule has 30 heavy (non-hydrogen) atoms. The number of anilines is 1. The van der Waals surface area contributed by atoms with Crippen molar-refractivity contribution in [3.05, 3.63) is 58.4 Å².